The normalized spacial score (nSPS) is 12.2. The van der Waals surface area contributed by atoms with E-state index in [4.69, 9.17) is 5.73 Å². The van der Waals surface area contributed by atoms with Crippen LogP contribution in [0.25, 0.3) is 0 Å². The van der Waals surface area contributed by atoms with Crippen LogP contribution >= 0.6 is 0 Å². The minimum atomic E-state index is -0.381. The molecule has 0 aliphatic carbocycles. The third-order valence-electron chi connectivity index (χ3n) is 2.89. The van der Waals surface area contributed by atoms with E-state index in [0.717, 1.165) is 19.3 Å². The molecule has 0 bridgehead atoms. The van der Waals surface area contributed by atoms with Crippen LogP contribution in [0.1, 0.15) is 37.8 Å². The van der Waals surface area contributed by atoms with E-state index in [1.165, 1.54) is 11.1 Å². The zero-order valence-corrected chi connectivity index (χ0v) is 10.7. The molecule has 3 N–H and O–H groups in total. The van der Waals surface area contributed by atoms with Gasteiger partial charge in [0.1, 0.15) is 0 Å². The summed E-state index contributed by atoms with van der Waals surface area (Å²) in [7, 11) is 0. The molecule has 1 atom stereocenters. The lowest BCUT2D eigenvalue weighted by molar-refractivity contribution is -0.122. The summed E-state index contributed by atoms with van der Waals surface area (Å²) in [6.07, 6.45) is 2.65. The van der Waals surface area contributed by atoms with Crippen LogP contribution in [-0.2, 0) is 17.8 Å². The lowest BCUT2D eigenvalue weighted by Gasteiger charge is -2.13. The Morgan fingerprint density at radius 1 is 1.29 bits per heavy atom. The molecule has 3 heteroatoms. The zero-order chi connectivity index (χ0) is 12.7. The van der Waals surface area contributed by atoms with Gasteiger partial charge in [0, 0.05) is 6.54 Å². The predicted octanol–water partition coefficient (Wildman–Crippen LogP) is 1.99. The molecule has 1 aromatic rings. The van der Waals surface area contributed by atoms with Gasteiger partial charge in [0.2, 0.25) is 5.91 Å². The molecule has 0 heterocycles. The number of nitrogens with one attached hydrogen (secondary N) is 1. The second kappa shape index (κ2) is 7.07. The van der Waals surface area contributed by atoms with E-state index in [1.807, 2.05) is 25.1 Å². The molecule has 0 fully saturated rings. The Kier molecular flexibility index (Phi) is 5.70. The van der Waals surface area contributed by atoms with Crippen LogP contribution in [0.4, 0.5) is 0 Å². The molecular weight excluding hydrogens is 212 g/mol. The Morgan fingerprint density at radius 2 is 1.94 bits per heavy atom. The van der Waals surface area contributed by atoms with Crippen LogP contribution in [0.2, 0.25) is 0 Å². The van der Waals surface area contributed by atoms with Crippen molar-refractivity contribution in [3.05, 3.63) is 35.4 Å². The Morgan fingerprint density at radius 3 is 2.53 bits per heavy atom. The number of aryl methyl sites for hydroxylation is 1. The second-order valence-electron chi connectivity index (χ2n) is 4.24. The van der Waals surface area contributed by atoms with Crippen molar-refractivity contribution in [2.45, 2.75) is 45.7 Å². The number of hydrogen-bond acceptors (Lipinski definition) is 2. The van der Waals surface area contributed by atoms with Crippen molar-refractivity contribution in [2.75, 3.05) is 0 Å². The Hall–Kier alpha value is -1.35. The molecule has 0 aliphatic rings. The number of carbonyl (C=O) groups is 1. The largest absolute Gasteiger partial charge is 0.351 e. The topological polar surface area (TPSA) is 55.1 Å². The van der Waals surface area contributed by atoms with Gasteiger partial charge in [-0.25, -0.2) is 0 Å². The molecular formula is C14H22N2O. The van der Waals surface area contributed by atoms with E-state index < -0.39 is 0 Å². The standard InChI is InChI=1S/C14H22N2O/c1-3-7-13(15)14(17)16-10-12-9-6-5-8-11(12)4-2/h5-6,8-9,13H,3-4,7,10,15H2,1-2H3,(H,16,17). The smallest absolute Gasteiger partial charge is 0.237 e. The first-order chi connectivity index (χ1) is 8.19. The van der Waals surface area contributed by atoms with E-state index in [2.05, 4.69) is 18.3 Å². The highest BCUT2D eigenvalue weighted by atomic mass is 16.2. The first kappa shape index (κ1) is 13.7. The lowest BCUT2D eigenvalue weighted by atomic mass is 10.1. The molecule has 1 unspecified atom stereocenters. The summed E-state index contributed by atoms with van der Waals surface area (Å²) in [4.78, 5) is 11.7. The highest BCUT2D eigenvalue weighted by molar-refractivity contribution is 5.81. The van der Waals surface area contributed by atoms with Crippen LogP contribution in [0, 0.1) is 0 Å². The average Bonchev–Trinajstić information content (AvgIpc) is 2.36. The number of benzene rings is 1. The van der Waals surface area contributed by atoms with Crippen molar-refractivity contribution in [3.63, 3.8) is 0 Å². The van der Waals surface area contributed by atoms with Crippen LogP contribution < -0.4 is 11.1 Å². The summed E-state index contributed by atoms with van der Waals surface area (Å²) in [6.45, 7) is 4.71. The molecule has 3 nitrogen and oxygen atoms in total. The summed E-state index contributed by atoms with van der Waals surface area (Å²) in [5.41, 5.74) is 8.20. The van der Waals surface area contributed by atoms with E-state index in [9.17, 15) is 4.79 Å². The van der Waals surface area contributed by atoms with Crippen LogP contribution in [0.15, 0.2) is 24.3 Å². The summed E-state index contributed by atoms with van der Waals surface area (Å²) in [5, 5.41) is 2.89. The Bertz CT molecular complexity index is 363. The van der Waals surface area contributed by atoms with Crippen molar-refractivity contribution in [1.29, 1.82) is 0 Å². The molecule has 0 saturated carbocycles. The lowest BCUT2D eigenvalue weighted by Crippen LogP contribution is -2.40. The fraction of sp³-hybridized carbons (Fsp3) is 0.500. The van der Waals surface area contributed by atoms with Crippen molar-refractivity contribution in [2.24, 2.45) is 5.73 Å². The average molecular weight is 234 g/mol. The van der Waals surface area contributed by atoms with E-state index in [0.29, 0.717) is 6.54 Å². The first-order valence-electron chi connectivity index (χ1n) is 6.29. The fourth-order valence-corrected chi connectivity index (χ4v) is 1.83. The summed E-state index contributed by atoms with van der Waals surface area (Å²) in [6, 6.07) is 7.77. The van der Waals surface area contributed by atoms with Crippen molar-refractivity contribution < 1.29 is 4.79 Å². The van der Waals surface area contributed by atoms with E-state index >= 15 is 0 Å². The van der Waals surface area contributed by atoms with Gasteiger partial charge >= 0.3 is 0 Å². The van der Waals surface area contributed by atoms with Gasteiger partial charge in [0.05, 0.1) is 6.04 Å². The number of amides is 1. The third kappa shape index (κ3) is 4.19. The maximum absolute atomic E-state index is 11.7. The van der Waals surface area contributed by atoms with Crippen molar-refractivity contribution >= 4 is 5.91 Å². The number of rotatable bonds is 6. The minimum Gasteiger partial charge on any atom is -0.351 e. The van der Waals surface area contributed by atoms with Gasteiger partial charge < -0.3 is 11.1 Å². The van der Waals surface area contributed by atoms with Gasteiger partial charge in [-0.05, 0) is 24.0 Å². The summed E-state index contributed by atoms with van der Waals surface area (Å²) in [5.74, 6) is -0.0576. The quantitative estimate of drug-likeness (QED) is 0.791. The van der Waals surface area contributed by atoms with Gasteiger partial charge in [0.15, 0.2) is 0 Å². The molecule has 1 aromatic carbocycles. The van der Waals surface area contributed by atoms with Gasteiger partial charge in [-0.2, -0.15) is 0 Å². The number of carbonyl (C=O) groups excluding carboxylic acids is 1. The molecule has 94 valence electrons. The number of nitrogens with two attached hydrogens (primary N) is 1. The zero-order valence-electron chi connectivity index (χ0n) is 10.7. The molecule has 0 saturated heterocycles. The van der Waals surface area contributed by atoms with Gasteiger partial charge in [-0.3, -0.25) is 4.79 Å². The SMILES string of the molecule is CCCC(N)C(=O)NCc1ccccc1CC. The first-order valence-corrected chi connectivity index (χ1v) is 6.29. The van der Waals surface area contributed by atoms with Gasteiger partial charge in [-0.1, -0.05) is 44.5 Å². The molecule has 1 amide bonds. The maximum Gasteiger partial charge on any atom is 0.237 e. The van der Waals surface area contributed by atoms with Gasteiger partial charge in [-0.15, -0.1) is 0 Å². The van der Waals surface area contributed by atoms with Crippen LogP contribution in [-0.4, -0.2) is 11.9 Å². The van der Waals surface area contributed by atoms with E-state index in [1.54, 1.807) is 0 Å². The molecule has 0 aliphatic heterocycles. The summed E-state index contributed by atoms with van der Waals surface area (Å²) >= 11 is 0. The molecule has 0 aromatic heterocycles. The van der Waals surface area contributed by atoms with E-state index in [-0.39, 0.29) is 11.9 Å². The second-order valence-corrected chi connectivity index (χ2v) is 4.24. The monoisotopic (exact) mass is 234 g/mol. The summed E-state index contributed by atoms with van der Waals surface area (Å²) < 4.78 is 0. The fourth-order valence-electron chi connectivity index (χ4n) is 1.83. The Balaban J connectivity index is 2.52. The predicted molar refractivity (Wildman–Crippen MR) is 70.6 cm³/mol. The van der Waals surface area contributed by atoms with Gasteiger partial charge in [0.25, 0.3) is 0 Å². The molecule has 17 heavy (non-hydrogen) atoms. The van der Waals surface area contributed by atoms with Crippen LogP contribution in [0.3, 0.4) is 0 Å². The van der Waals surface area contributed by atoms with Crippen molar-refractivity contribution in [1.82, 2.24) is 5.32 Å². The molecule has 0 radical (unpaired) electrons. The molecule has 0 spiro atoms. The minimum absolute atomic E-state index is 0.0576. The molecule has 1 rings (SSSR count). The number of hydrogen-bond donors (Lipinski definition) is 2. The highest BCUT2D eigenvalue weighted by Gasteiger charge is 2.11. The van der Waals surface area contributed by atoms with Crippen molar-refractivity contribution in [3.8, 4) is 0 Å². The van der Waals surface area contributed by atoms with Crippen LogP contribution in [0.5, 0.6) is 0 Å². The Labute approximate surface area is 103 Å². The third-order valence-corrected chi connectivity index (χ3v) is 2.89. The highest BCUT2D eigenvalue weighted by Crippen LogP contribution is 2.09. The maximum atomic E-state index is 11.7.